The van der Waals surface area contributed by atoms with Gasteiger partial charge in [-0.2, -0.15) is 8.78 Å². The average Bonchev–Trinajstić information content (AvgIpc) is 3.31. The molecule has 0 bridgehead atoms. The van der Waals surface area contributed by atoms with E-state index >= 15 is 0 Å². The second-order valence-corrected chi connectivity index (χ2v) is 11.8. The average molecular weight is 597 g/mol. The standard InChI is InChI=1S/C25H23F6O4PS2/c1-12(2)9-17(32)37-8-4-3-7-34-36-24(31)13-5-6-15-14(10-13)11-16(38-15)25(33)35-23-21(29)19(27)18(26)20(28)22(23)30/h5-6,10-12,24,36H,3-4,7-9H2,1-2H3. The summed E-state index contributed by atoms with van der Waals surface area (Å²) in [5, 5.41) is 0.580. The molecular formula is C25H23F6O4PS2. The first-order valence-corrected chi connectivity index (χ1v) is 14.2. The lowest BCUT2D eigenvalue weighted by molar-refractivity contribution is -0.111. The number of hydrogen-bond acceptors (Lipinski definition) is 6. The third kappa shape index (κ3) is 7.71. The Balaban J connectivity index is 1.54. The van der Waals surface area contributed by atoms with Gasteiger partial charge in [0.25, 0.3) is 0 Å². The minimum absolute atomic E-state index is 0.157. The second kappa shape index (κ2) is 13.8. The van der Waals surface area contributed by atoms with Crippen molar-refractivity contribution in [1.82, 2.24) is 0 Å². The minimum Gasteiger partial charge on any atom is -0.416 e. The number of rotatable bonds is 12. The number of hydrogen-bond donors (Lipinski definition) is 0. The van der Waals surface area contributed by atoms with Crippen LogP contribution in [-0.2, 0) is 9.32 Å². The van der Waals surface area contributed by atoms with Crippen LogP contribution < -0.4 is 4.74 Å². The summed E-state index contributed by atoms with van der Waals surface area (Å²) < 4.78 is 92.7. The Morgan fingerprint density at radius 2 is 1.63 bits per heavy atom. The van der Waals surface area contributed by atoms with Gasteiger partial charge in [0.05, 0.1) is 15.4 Å². The second-order valence-electron chi connectivity index (χ2n) is 8.55. The molecule has 0 aliphatic rings. The lowest BCUT2D eigenvalue weighted by Crippen LogP contribution is -2.12. The number of thiophene rings is 1. The molecule has 0 aliphatic heterocycles. The van der Waals surface area contributed by atoms with Crippen LogP contribution in [0.25, 0.3) is 10.1 Å². The lowest BCUT2D eigenvalue weighted by atomic mass is 10.2. The van der Waals surface area contributed by atoms with Gasteiger partial charge in [-0.1, -0.05) is 31.7 Å². The number of ether oxygens (including phenoxy) is 1. The Labute approximate surface area is 224 Å². The molecular weight excluding hydrogens is 573 g/mol. The summed E-state index contributed by atoms with van der Waals surface area (Å²) in [5.74, 6) is -14.8. The molecule has 206 valence electrons. The molecule has 2 atom stereocenters. The van der Waals surface area contributed by atoms with Crippen LogP contribution in [0.5, 0.6) is 5.75 Å². The molecule has 0 aliphatic carbocycles. The molecule has 2 aromatic carbocycles. The summed E-state index contributed by atoms with van der Waals surface area (Å²) >= 11 is 2.13. The fourth-order valence-corrected chi connectivity index (χ4v) is 5.86. The molecule has 0 radical (unpaired) electrons. The first-order chi connectivity index (χ1) is 18.0. The third-order valence-electron chi connectivity index (χ3n) is 5.06. The maximum Gasteiger partial charge on any atom is 0.353 e. The Kier molecular flexibility index (Phi) is 11.0. The van der Waals surface area contributed by atoms with Crippen molar-refractivity contribution in [3.63, 3.8) is 0 Å². The molecule has 1 heterocycles. The summed E-state index contributed by atoms with van der Waals surface area (Å²) in [7, 11) is -0.479. The van der Waals surface area contributed by atoms with E-state index in [-0.39, 0.29) is 15.6 Å². The zero-order valence-corrected chi connectivity index (χ0v) is 22.8. The molecule has 2 unspecified atom stereocenters. The number of thioether (sulfide) groups is 1. The predicted molar refractivity (Wildman–Crippen MR) is 137 cm³/mol. The minimum atomic E-state index is -2.37. The van der Waals surface area contributed by atoms with Crippen LogP contribution in [-0.4, -0.2) is 23.4 Å². The van der Waals surface area contributed by atoms with Gasteiger partial charge in [0, 0.05) is 16.9 Å². The highest BCUT2D eigenvalue weighted by Crippen LogP contribution is 2.39. The fraction of sp³-hybridized carbons (Fsp3) is 0.360. The predicted octanol–water partition coefficient (Wildman–Crippen LogP) is 8.48. The van der Waals surface area contributed by atoms with E-state index in [1.807, 2.05) is 13.8 Å². The molecule has 0 N–H and O–H groups in total. The molecule has 0 saturated heterocycles. The number of carbonyl (C=O) groups is 2. The molecule has 0 spiro atoms. The zero-order valence-electron chi connectivity index (χ0n) is 20.2. The smallest absolute Gasteiger partial charge is 0.353 e. The van der Waals surface area contributed by atoms with Crippen molar-refractivity contribution in [3.05, 3.63) is 63.8 Å². The molecule has 1 aromatic heterocycles. The van der Waals surface area contributed by atoms with Gasteiger partial charge in [-0.3, -0.25) is 4.79 Å². The Bertz CT molecular complexity index is 1290. The number of alkyl halides is 1. The van der Waals surface area contributed by atoms with E-state index in [2.05, 4.69) is 4.74 Å². The fourth-order valence-electron chi connectivity index (χ4n) is 3.19. The van der Waals surface area contributed by atoms with Crippen LogP contribution in [0, 0.1) is 35.0 Å². The maximum absolute atomic E-state index is 14.7. The topological polar surface area (TPSA) is 52.6 Å². The van der Waals surface area contributed by atoms with Gasteiger partial charge in [0.2, 0.25) is 34.8 Å². The number of fused-ring (bicyclic) bond motifs is 1. The molecule has 3 rings (SSSR count). The molecule has 0 amide bonds. The van der Waals surface area contributed by atoms with Crippen LogP contribution in [0.3, 0.4) is 0 Å². The van der Waals surface area contributed by atoms with E-state index in [4.69, 9.17) is 4.52 Å². The highest BCUT2D eigenvalue weighted by molar-refractivity contribution is 8.13. The van der Waals surface area contributed by atoms with E-state index in [9.17, 15) is 35.9 Å². The van der Waals surface area contributed by atoms with Gasteiger partial charge in [-0.25, -0.2) is 22.4 Å². The summed E-state index contributed by atoms with van der Waals surface area (Å²) in [4.78, 5) is 23.8. The van der Waals surface area contributed by atoms with Crippen LogP contribution in [0.1, 0.15) is 54.3 Å². The van der Waals surface area contributed by atoms with Crippen LogP contribution >= 0.6 is 31.9 Å². The zero-order chi connectivity index (χ0) is 28.0. The van der Waals surface area contributed by atoms with Crippen molar-refractivity contribution in [2.45, 2.75) is 39.0 Å². The van der Waals surface area contributed by atoms with Gasteiger partial charge in [0.1, 0.15) is 4.88 Å². The van der Waals surface area contributed by atoms with Crippen LogP contribution in [0.4, 0.5) is 26.3 Å². The Hall–Kier alpha value is -2.14. The number of carbonyl (C=O) groups excluding carboxylic acids is 2. The monoisotopic (exact) mass is 596 g/mol. The van der Waals surface area contributed by atoms with Gasteiger partial charge in [-0.05, 0) is 47.9 Å². The molecule has 4 nitrogen and oxygen atoms in total. The van der Waals surface area contributed by atoms with Crippen LogP contribution in [0.2, 0.25) is 0 Å². The highest BCUT2D eigenvalue weighted by atomic mass is 32.2. The SMILES string of the molecule is CC(C)CC(=O)SCCCCOPC(F)c1ccc2sc(C(=O)Oc3c(F)c(F)c(F)c(F)c3F)cc2c1. The van der Waals surface area contributed by atoms with E-state index in [1.165, 1.54) is 36.0 Å². The first kappa shape index (κ1) is 30.4. The summed E-state index contributed by atoms with van der Waals surface area (Å²) in [6, 6.07) is 5.77. The maximum atomic E-state index is 14.7. The number of esters is 1. The van der Waals surface area contributed by atoms with Gasteiger partial charge >= 0.3 is 5.97 Å². The molecule has 38 heavy (non-hydrogen) atoms. The summed E-state index contributed by atoms with van der Waals surface area (Å²) in [6.07, 6.45) is 1.98. The molecule has 0 fully saturated rings. The first-order valence-electron chi connectivity index (χ1n) is 11.4. The van der Waals surface area contributed by atoms with Crippen molar-refractivity contribution in [2.24, 2.45) is 5.92 Å². The molecule has 0 saturated carbocycles. The van der Waals surface area contributed by atoms with Crippen molar-refractivity contribution in [1.29, 1.82) is 0 Å². The lowest BCUT2D eigenvalue weighted by Gasteiger charge is -2.09. The van der Waals surface area contributed by atoms with Crippen molar-refractivity contribution < 1.29 is 45.2 Å². The number of halogens is 6. The Morgan fingerprint density at radius 1 is 0.974 bits per heavy atom. The summed E-state index contributed by atoms with van der Waals surface area (Å²) in [5.41, 5.74) is 0.281. The largest absolute Gasteiger partial charge is 0.416 e. The Morgan fingerprint density at radius 3 is 2.29 bits per heavy atom. The van der Waals surface area contributed by atoms with E-state index < -0.39 is 55.5 Å². The molecule has 3 aromatic rings. The summed E-state index contributed by atoms with van der Waals surface area (Å²) in [6.45, 7) is 4.31. The van der Waals surface area contributed by atoms with E-state index in [0.717, 1.165) is 17.8 Å². The van der Waals surface area contributed by atoms with Crippen molar-refractivity contribution >= 4 is 53.1 Å². The van der Waals surface area contributed by atoms with E-state index in [1.54, 1.807) is 0 Å². The van der Waals surface area contributed by atoms with Gasteiger partial charge in [-0.15, -0.1) is 11.3 Å². The quantitative estimate of drug-likeness (QED) is 0.0399. The van der Waals surface area contributed by atoms with E-state index in [0.29, 0.717) is 41.2 Å². The van der Waals surface area contributed by atoms with Crippen molar-refractivity contribution in [2.75, 3.05) is 12.4 Å². The highest BCUT2D eigenvalue weighted by Gasteiger charge is 2.29. The third-order valence-corrected chi connectivity index (χ3v) is 8.05. The van der Waals surface area contributed by atoms with Crippen molar-refractivity contribution in [3.8, 4) is 5.75 Å². The number of unbranched alkanes of at least 4 members (excludes halogenated alkanes) is 1. The van der Waals surface area contributed by atoms with Gasteiger partial charge in [0.15, 0.2) is 11.0 Å². The number of benzene rings is 2. The van der Waals surface area contributed by atoms with Gasteiger partial charge < -0.3 is 9.26 Å². The van der Waals surface area contributed by atoms with Crippen LogP contribution in [0.15, 0.2) is 24.3 Å². The normalized spacial score (nSPS) is 12.7. The molecule has 13 heteroatoms.